The lowest BCUT2D eigenvalue weighted by Crippen LogP contribution is -2.25. The van der Waals surface area contributed by atoms with Gasteiger partial charge in [-0.05, 0) is 0 Å². The van der Waals surface area contributed by atoms with E-state index in [4.69, 9.17) is 23.2 Å². The highest BCUT2D eigenvalue weighted by Crippen LogP contribution is 2.32. The van der Waals surface area contributed by atoms with Gasteiger partial charge >= 0.3 is 0 Å². The first-order valence-corrected chi connectivity index (χ1v) is 6.77. The van der Waals surface area contributed by atoms with Gasteiger partial charge in [-0.25, -0.2) is 0 Å². The van der Waals surface area contributed by atoms with Crippen molar-refractivity contribution >= 4 is 51.7 Å². The normalized spacial score (nSPS) is 19.4. The molecule has 0 saturated carbocycles. The molecule has 1 unspecified atom stereocenters. The van der Waals surface area contributed by atoms with Crippen LogP contribution in [0, 0.1) is 0 Å². The van der Waals surface area contributed by atoms with E-state index in [-0.39, 0.29) is 26.6 Å². The van der Waals surface area contributed by atoms with Crippen LogP contribution in [0.2, 0.25) is 10.3 Å². The van der Waals surface area contributed by atoms with Gasteiger partial charge in [0.1, 0.15) is 0 Å². The summed E-state index contributed by atoms with van der Waals surface area (Å²) in [4.78, 5) is 24.4. The lowest BCUT2D eigenvalue weighted by atomic mass is 10.4. The van der Waals surface area contributed by atoms with E-state index in [9.17, 15) is 9.59 Å². The molecule has 0 bridgehead atoms. The van der Waals surface area contributed by atoms with Crippen LogP contribution in [0.1, 0.15) is 13.3 Å². The van der Waals surface area contributed by atoms with E-state index in [2.05, 4.69) is 10.2 Å². The van der Waals surface area contributed by atoms with E-state index in [0.717, 1.165) is 11.8 Å². The Morgan fingerprint density at radius 2 is 2.22 bits per heavy atom. The van der Waals surface area contributed by atoms with Crippen LogP contribution < -0.4 is 4.90 Å². The summed E-state index contributed by atoms with van der Waals surface area (Å²) >= 11 is 12.8. The maximum absolute atomic E-state index is 11.9. The second kappa shape index (κ2) is 5.42. The molecule has 0 N–H and O–H groups in total. The molecule has 0 aromatic carbocycles. The Labute approximate surface area is 118 Å². The lowest BCUT2D eigenvalue weighted by Gasteiger charge is -2.16. The highest BCUT2D eigenvalue weighted by molar-refractivity contribution is 8.14. The van der Waals surface area contributed by atoms with Gasteiger partial charge in [-0.2, -0.15) is 0 Å². The minimum atomic E-state index is -0.0975. The minimum absolute atomic E-state index is 0.00775. The largest absolute Gasteiger partial charge is 0.308 e. The number of anilines is 1. The molecule has 18 heavy (non-hydrogen) atoms. The van der Waals surface area contributed by atoms with Gasteiger partial charge in [0, 0.05) is 31.2 Å². The van der Waals surface area contributed by atoms with E-state index in [1.165, 1.54) is 17.9 Å². The van der Waals surface area contributed by atoms with E-state index >= 15 is 0 Å². The van der Waals surface area contributed by atoms with Crippen molar-refractivity contribution in [2.24, 2.45) is 0 Å². The summed E-state index contributed by atoms with van der Waals surface area (Å²) < 4.78 is 0. The molecule has 1 aliphatic rings. The Morgan fingerprint density at radius 3 is 2.89 bits per heavy atom. The van der Waals surface area contributed by atoms with Crippen molar-refractivity contribution in [2.75, 3.05) is 11.4 Å². The predicted molar refractivity (Wildman–Crippen MR) is 71.1 cm³/mol. The molecule has 1 amide bonds. The summed E-state index contributed by atoms with van der Waals surface area (Å²) in [5.41, 5.74) is 0.438. The molecule has 5 nitrogen and oxygen atoms in total. The van der Waals surface area contributed by atoms with E-state index in [1.807, 2.05) is 0 Å². The fourth-order valence-corrected chi connectivity index (χ4v) is 3.01. The van der Waals surface area contributed by atoms with Crippen LogP contribution in [-0.4, -0.2) is 33.0 Å². The summed E-state index contributed by atoms with van der Waals surface area (Å²) in [7, 11) is 0. The van der Waals surface area contributed by atoms with Crippen LogP contribution in [0.15, 0.2) is 6.07 Å². The van der Waals surface area contributed by atoms with Crippen molar-refractivity contribution in [2.45, 2.75) is 18.6 Å². The van der Waals surface area contributed by atoms with Crippen molar-refractivity contribution in [3.8, 4) is 0 Å². The van der Waals surface area contributed by atoms with E-state index in [0.29, 0.717) is 18.7 Å². The number of aromatic nitrogens is 2. The van der Waals surface area contributed by atoms with Crippen LogP contribution >= 0.6 is 35.0 Å². The molecule has 2 heterocycles. The van der Waals surface area contributed by atoms with Crippen LogP contribution in [0.4, 0.5) is 5.69 Å². The second-order valence-corrected chi connectivity index (χ2v) is 6.01. The van der Waals surface area contributed by atoms with Gasteiger partial charge in [-0.15, -0.1) is 10.2 Å². The zero-order valence-electron chi connectivity index (χ0n) is 9.39. The minimum Gasteiger partial charge on any atom is -0.308 e. The monoisotopic (exact) mass is 305 g/mol. The van der Waals surface area contributed by atoms with Gasteiger partial charge in [0.05, 0.1) is 5.69 Å². The Balaban J connectivity index is 2.21. The van der Waals surface area contributed by atoms with Gasteiger partial charge in [-0.1, -0.05) is 35.0 Å². The van der Waals surface area contributed by atoms with Crippen LogP contribution in [0.25, 0.3) is 0 Å². The molecule has 8 heteroatoms. The number of carbonyl (C=O) groups is 2. The average molecular weight is 306 g/mol. The first-order valence-electron chi connectivity index (χ1n) is 5.13. The molecule has 2 rings (SSSR count). The first-order chi connectivity index (χ1) is 8.47. The number of nitrogens with zero attached hydrogens (tertiary/aromatic N) is 3. The molecular formula is C10H9Cl2N3O2S. The maximum atomic E-state index is 11.9. The third kappa shape index (κ3) is 2.93. The number of carbonyl (C=O) groups excluding carboxylic acids is 2. The van der Waals surface area contributed by atoms with Crippen molar-refractivity contribution in [1.29, 1.82) is 0 Å². The molecule has 0 radical (unpaired) electrons. The Morgan fingerprint density at radius 1 is 1.50 bits per heavy atom. The first kappa shape index (κ1) is 13.6. The highest BCUT2D eigenvalue weighted by Gasteiger charge is 2.33. The summed E-state index contributed by atoms with van der Waals surface area (Å²) in [6.45, 7) is 1.90. The van der Waals surface area contributed by atoms with E-state index < -0.39 is 0 Å². The molecular weight excluding hydrogens is 297 g/mol. The maximum Gasteiger partial charge on any atom is 0.228 e. The fourth-order valence-electron chi connectivity index (χ4n) is 1.75. The number of hydrogen-bond donors (Lipinski definition) is 0. The smallest absolute Gasteiger partial charge is 0.228 e. The Kier molecular flexibility index (Phi) is 4.09. The molecule has 0 spiro atoms. The number of amides is 1. The number of thioether (sulfide) groups is 1. The molecule has 96 valence electrons. The summed E-state index contributed by atoms with van der Waals surface area (Å²) in [5.74, 6) is -0.0975. The van der Waals surface area contributed by atoms with Crippen molar-refractivity contribution in [1.82, 2.24) is 10.2 Å². The number of rotatable bonds is 2. The van der Waals surface area contributed by atoms with Gasteiger partial charge in [0.15, 0.2) is 15.4 Å². The van der Waals surface area contributed by atoms with Gasteiger partial charge < -0.3 is 4.90 Å². The zero-order chi connectivity index (χ0) is 13.3. The third-order valence-corrected chi connectivity index (χ3v) is 3.85. The van der Waals surface area contributed by atoms with E-state index in [1.54, 1.807) is 0 Å². The SMILES string of the molecule is CC(=O)SC1CC(=O)N(c2cc(Cl)nnc2Cl)C1. The van der Waals surface area contributed by atoms with Crippen molar-refractivity contribution in [3.63, 3.8) is 0 Å². The number of hydrogen-bond acceptors (Lipinski definition) is 5. The molecule has 1 aromatic rings. The highest BCUT2D eigenvalue weighted by atomic mass is 35.5. The summed E-state index contributed by atoms with van der Waals surface area (Å²) in [6.07, 6.45) is 0.306. The Hall–Kier alpha value is -0.850. The Bertz CT molecular complexity index is 512. The molecule has 1 aromatic heterocycles. The second-order valence-electron chi connectivity index (χ2n) is 3.78. The molecule has 1 fully saturated rings. The molecule has 1 atom stereocenters. The quantitative estimate of drug-likeness (QED) is 0.838. The van der Waals surface area contributed by atoms with Crippen molar-refractivity contribution in [3.05, 3.63) is 16.4 Å². The fraction of sp³-hybridized carbons (Fsp3) is 0.400. The topological polar surface area (TPSA) is 63.2 Å². The van der Waals surface area contributed by atoms with Crippen molar-refractivity contribution < 1.29 is 9.59 Å². The standard InChI is InChI=1S/C10H9Cl2N3O2S/c1-5(16)18-6-2-9(17)15(4-6)7-3-8(11)13-14-10(7)12/h3,6H,2,4H2,1H3. The van der Waals surface area contributed by atoms with Crippen LogP contribution in [0.5, 0.6) is 0 Å². The summed E-state index contributed by atoms with van der Waals surface area (Å²) in [5, 5.41) is 7.48. The third-order valence-electron chi connectivity index (χ3n) is 2.41. The number of halogens is 2. The van der Waals surface area contributed by atoms with Crippen LogP contribution in [-0.2, 0) is 9.59 Å². The van der Waals surface area contributed by atoms with Gasteiger partial charge in [-0.3, -0.25) is 9.59 Å². The predicted octanol–water partition coefficient (Wildman–Crippen LogP) is 2.17. The molecule has 1 aliphatic heterocycles. The summed E-state index contributed by atoms with van der Waals surface area (Å²) in [6, 6.07) is 1.50. The zero-order valence-corrected chi connectivity index (χ0v) is 11.7. The van der Waals surface area contributed by atoms with Crippen LogP contribution in [0.3, 0.4) is 0 Å². The lowest BCUT2D eigenvalue weighted by molar-refractivity contribution is -0.117. The van der Waals surface area contributed by atoms with Gasteiger partial charge in [0.25, 0.3) is 0 Å². The van der Waals surface area contributed by atoms with Gasteiger partial charge in [0.2, 0.25) is 5.91 Å². The average Bonchev–Trinajstić information content (AvgIpc) is 2.62. The molecule has 1 saturated heterocycles. The molecule has 0 aliphatic carbocycles.